The quantitative estimate of drug-likeness (QED) is 0.683. The maximum Gasteiger partial charge on any atom is 0.305 e. The van der Waals surface area contributed by atoms with Crippen LogP contribution < -0.4 is 5.32 Å². The second kappa shape index (κ2) is 5.00. The predicted molar refractivity (Wildman–Crippen MR) is 45.5 cm³/mol. The fraction of sp³-hybridized carbons (Fsp3) is 0.375. The number of rotatable bonds is 5. The van der Waals surface area contributed by atoms with Crippen LogP contribution in [0.25, 0.3) is 0 Å². The highest BCUT2D eigenvalue weighted by molar-refractivity contribution is 5.78. The van der Waals surface area contributed by atoms with Crippen LogP contribution in [0.15, 0.2) is 16.9 Å². The van der Waals surface area contributed by atoms with E-state index in [-0.39, 0.29) is 25.3 Å². The zero-order chi connectivity index (χ0) is 10.4. The minimum atomic E-state index is -0.943. The van der Waals surface area contributed by atoms with Gasteiger partial charge in [-0.15, -0.1) is 0 Å². The molecule has 0 saturated carbocycles. The Balaban J connectivity index is 2.20. The summed E-state index contributed by atoms with van der Waals surface area (Å²) in [6, 6.07) is 0. The molecule has 0 atom stereocenters. The van der Waals surface area contributed by atoms with Crippen molar-refractivity contribution >= 4 is 11.9 Å². The largest absolute Gasteiger partial charge is 0.481 e. The first-order valence-corrected chi connectivity index (χ1v) is 4.05. The first kappa shape index (κ1) is 10.2. The van der Waals surface area contributed by atoms with E-state index in [2.05, 4.69) is 10.3 Å². The summed E-state index contributed by atoms with van der Waals surface area (Å²) in [6.07, 6.45) is 2.77. The maximum atomic E-state index is 11.1. The lowest BCUT2D eigenvalue weighted by Crippen LogP contribution is -2.27. The molecule has 0 aromatic carbocycles. The van der Waals surface area contributed by atoms with Gasteiger partial charge in [-0.3, -0.25) is 9.59 Å². The highest BCUT2D eigenvalue weighted by Crippen LogP contribution is 1.94. The molecule has 6 heteroatoms. The third-order valence-electron chi connectivity index (χ3n) is 1.46. The molecule has 1 rings (SSSR count). The minimum Gasteiger partial charge on any atom is -0.481 e. The van der Waals surface area contributed by atoms with Gasteiger partial charge in [0.05, 0.1) is 12.6 Å². The molecule has 0 aliphatic rings. The summed E-state index contributed by atoms with van der Waals surface area (Å²) in [5.74, 6) is -0.923. The minimum absolute atomic E-state index is 0.0343. The van der Waals surface area contributed by atoms with E-state index in [4.69, 9.17) is 9.52 Å². The van der Waals surface area contributed by atoms with Gasteiger partial charge < -0.3 is 14.8 Å². The SMILES string of the molecule is O=C(O)CCNC(=O)Cc1ncco1. The first-order chi connectivity index (χ1) is 6.68. The van der Waals surface area contributed by atoms with E-state index in [1.54, 1.807) is 0 Å². The Morgan fingerprint density at radius 2 is 2.36 bits per heavy atom. The number of carboxylic acids is 1. The van der Waals surface area contributed by atoms with Crippen LogP contribution in [0.4, 0.5) is 0 Å². The van der Waals surface area contributed by atoms with Gasteiger partial charge in [0.25, 0.3) is 0 Å². The van der Waals surface area contributed by atoms with Gasteiger partial charge in [0.15, 0.2) is 0 Å². The average Bonchev–Trinajstić information content (AvgIpc) is 2.56. The van der Waals surface area contributed by atoms with Gasteiger partial charge in [-0.2, -0.15) is 0 Å². The Bertz CT molecular complexity index is 307. The van der Waals surface area contributed by atoms with E-state index in [9.17, 15) is 9.59 Å². The monoisotopic (exact) mass is 198 g/mol. The molecule has 0 spiro atoms. The van der Waals surface area contributed by atoms with Crippen LogP contribution in [-0.2, 0) is 16.0 Å². The van der Waals surface area contributed by atoms with Crippen LogP contribution in [0, 0.1) is 0 Å². The molecule has 1 aromatic rings. The smallest absolute Gasteiger partial charge is 0.305 e. The first-order valence-electron chi connectivity index (χ1n) is 4.05. The molecule has 0 fully saturated rings. The number of carbonyl (C=O) groups excluding carboxylic acids is 1. The molecule has 0 saturated heterocycles. The predicted octanol–water partition coefficient (Wildman–Crippen LogP) is -0.192. The molecule has 14 heavy (non-hydrogen) atoms. The fourth-order valence-corrected chi connectivity index (χ4v) is 0.849. The molecular weight excluding hydrogens is 188 g/mol. The standard InChI is InChI=1S/C8H10N2O4/c11-6(9-2-1-8(12)13)5-7-10-3-4-14-7/h3-4H,1-2,5H2,(H,9,11)(H,12,13). The molecule has 2 N–H and O–H groups in total. The molecule has 0 aliphatic heterocycles. The maximum absolute atomic E-state index is 11.1. The number of carboxylic acid groups (broad SMARTS) is 1. The number of amides is 1. The zero-order valence-electron chi connectivity index (χ0n) is 7.40. The summed E-state index contributed by atoms with van der Waals surface area (Å²) in [7, 11) is 0. The van der Waals surface area contributed by atoms with Crippen molar-refractivity contribution in [3.63, 3.8) is 0 Å². The Morgan fingerprint density at radius 1 is 1.57 bits per heavy atom. The number of aliphatic carboxylic acids is 1. The topological polar surface area (TPSA) is 92.4 Å². The number of hydrogen-bond donors (Lipinski definition) is 2. The summed E-state index contributed by atoms with van der Waals surface area (Å²) in [5, 5.41) is 10.7. The molecule has 1 aromatic heterocycles. The van der Waals surface area contributed by atoms with Gasteiger partial charge in [-0.05, 0) is 0 Å². The number of carbonyl (C=O) groups is 2. The van der Waals surface area contributed by atoms with Crippen molar-refractivity contribution < 1.29 is 19.1 Å². The summed E-state index contributed by atoms with van der Waals surface area (Å²) >= 11 is 0. The number of nitrogens with one attached hydrogen (secondary N) is 1. The molecule has 0 unspecified atom stereocenters. The van der Waals surface area contributed by atoms with Crippen LogP contribution in [0.1, 0.15) is 12.3 Å². The number of oxazole rings is 1. The molecule has 1 heterocycles. The van der Waals surface area contributed by atoms with Gasteiger partial charge >= 0.3 is 5.97 Å². The summed E-state index contributed by atoms with van der Waals surface area (Å²) < 4.78 is 4.84. The van der Waals surface area contributed by atoms with Crippen molar-refractivity contribution in [1.29, 1.82) is 0 Å². The second-order valence-electron chi connectivity index (χ2n) is 2.60. The molecular formula is C8H10N2O4. The third kappa shape index (κ3) is 3.70. The van der Waals surface area contributed by atoms with Crippen LogP contribution in [0.2, 0.25) is 0 Å². The second-order valence-corrected chi connectivity index (χ2v) is 2.60. The van der Waals surface area contributed by atoms with Crippen LogP contribution in [-0.4, -0.2) is 28.5 Å². The van der Waals surface area contributed by atoms with Crippen LogP contribution in [0.3, 0.4) is 0 Å². The molecule has 0 bridgehead atoms. The summed E-state index contributed by atoms with van der Waals surface area (Å²) in [5.41, 5.74) is 0. The lowest BCUT2D eigenvalue weighted by molar-refractivity contribution is -0.136. The Kier molecular flexibility index (Phi) is 3.66. The van der Waals surface area contributed by atoms with Crippen molar-refractivity contribution in [2.24, 2.45) is 0 Å². The lowest BCUT2D eigenvalue weighted by Gasteiger charge is -2.00. The van der Waals surface area contributed by atoms with E-state index in [0.29, 0.717) is 5.89 Å². The van der Waals surface area contributed by atoms with Crippen molar-refractivity contribution in [3.05, 3.63) is 18.4 Å². The summed E-state index contributed by atoms with van der Waals surface area (Å²) in [4.78, 5) is 25.0. The molecule has 0 aliphatic carbocycles. The normalized spacial score (nSPS) is 9.71. The van der Waals surface area contributed by atoms with E-state index >= 15 is 0 Å². The molecule has 0 radical (unpaired) electrons. The highest BCUT2D eigenvalue weighted by atomic mass is 16.4. The zero-order valence-corrected chi connectivity index (χ0v) is 7.40. The van der Waals surface area contributed by atoms with Crippen molar-refractivity contribution in [2.45, 2.75) is 12.8 Å². The molecule has 1 amide bonds. The van der Waals surface area contributed by atoms with Crippen molar-refractivity contribution in [3.8, 4) is 0 Å². The van der Waals surface area contributed by atoms with Gasteiger partial charge in [0, 0.05) is 6.54 Å². The molecule has 6 nitrogen and oxygen atoms in total. The van der Waals surface area contributed by atoms with Crippen molar-refractivity contribution in [2.75, 3.05) is 6.54 Å². The summed E-state index contributed by atoms with van der Waals surface area (Å²) in [6.45, 7) is 0.120. The van der Waals surface area contributed by atoms with Gasteiger partial charge in [0.2, 0.25) is 11.8 Å². The third-order valence-corrected chi connectivity index (χ3v) is 1.46. The number of nitrogens with zero attached hydrogens (tertiary/aromatic N) is 1. The lowest BCUT2D eigenvalue weighted by atomic mass is 10.3. The van der Waals surface area contributed by atoms with Gasteiger partial charge in [-0.1, -0.05) is 0 Å². The number of aromatic nitrogens is 1. The Hall–Kier alpha value is -1.85. The van der Waals surface area contributed by atoms with E-state index < -0.39 is 5.97 Å². The van der Waals surface area contributed by atoms with Crippen LogP contribution >= 0.6 is 0 Å². The van der Waals surface area contributed by atoms with E-state index in [1.165, 1.54) is 12.5 Å². The Labute approximate surface area is 79.9 Å². The van der Waals surface area contributed by atoms with Gasteiger partial charge in [-0.25, -0.2) is 4.98 Å². The van der Waals surface area contributed by atoms with Crippen LogP contribution in [0.5, 0.6) is 0 Å². The Morgan fingerprint density at radius 3 is 2.93 bits per heavy atom. The van der Waals surface area contributed by atoms with E-state index in [1.807, 2.05) is 0 Å². The fourth-order valence-electron chi connectivity index (χ4n) is 0.849. The van der Waals surface area contributed by atoms with E-state index in [0.717, 1.165) is 0 Å². The molecule has 76 valence electrons. The average molecular weight is 198 g/mol. The number of hydrogen-bond acceptors (Lipinski definition) is 4. The highest BCUT2D eigenvalue weighted by Gasteiger charge is 2.06. The van der Waals surface area contributed by atoms with Crippen molar-refractivity contribution in [1.82, 2.24) is 10.3 Å². The van der Waals surface area contributed by atoms with Gasteiger partial charge in [0.1, 0.15) is 12.7 Å².